The Hall–Kier alpha value is -2.75. The molecule has 0 fully saturated rings. The molecule has 2 aromatic carbocycles. The molecule has 0 aliphatic heterocycles. The third-order valence-corrected chi connectivity index (χ3v) is 4.07. The fraction of sp³-hybridized carbons (Fsp3) is 0.238. The summed E-state index contributed by atoms with van der Waals surface area (Å²) in [6.07, 6.45) is 3.84. The average molecular weight is 507 g/mol. The van der Waals surface area contributed by atoms with Crippen molar-refractivity contribution in [3.8, 4) is 17.2 Å². The highest BCUT2D eigenvalue weighted by Crippen LogP contribution is 2.30. The van der Waals surface area contributed by atoms with Crippen LogP contribution in [-0.4, -0.2) is 36.5 Å². The number of methoxy groups -OCH3 is 1. The van der Waals surface area contributed by atoms with E-state index in [0.29, 0.717) is 30.6 Å². The molecule has 29 heavy (non-hydrogen) atoms. The van der Waals surface area contributed by atoms with E-state index in [1.54, 1.807) is 14.2 Å². The third-order valence-electron chi connectivity index (χ3n) is 4.07. The molecule has 2 N–H and O–H groups in total. The number of rotatable bonds is 7. The van der Waals surface area contributed by atoms with E-state index in [0.717, 1.165) is 16.9 Å². The molecule has 0 saturated carbocycles. The van der Waals surface area contributed by atoms with Crippen molar-refractivity contribution in [1.82, 2.24) is 15.1 Å². The molecular weight excluding hydrogens is 481 g/mol. The lowest BCUT2D eigenvalue weighted by Crippen LogP contribution is -2.30. The lowest BCUT2D eigenvalue weighted by molar-refractivity contribution is 0.311. The summed E-state index contributed by atoms with van der Waals surface area (Å²) in [6, 6.07) is 15.7. The van der Waals surface area contributed by atoms with Crippen molar-refractivity contribution in [3.63, 3.8) is 0 Å². The summed E-state index contributed by atoms with van der Waals surface area (Å²) in [5, 5.41) is 11.0. The molecule has 3 aromatic rings. The number of hydrogen-bond acceptors (Lipinski definition) is 4. The first-order valence-electron chi connectivity index (χ1n) is 9.11. The second-order valence-electron chi connectivity index (χ2n) is 5.98. The molecule has 0 spiro atoms. The molecule has 1 aromatic heterocycles. The van der Waals surface area contributed by atoms with Gasteiger partial charge in [0, 0.05) is 37.1 Å². The van der Waals surface area contributed by atoms with E-state index in [1.165, 1.54) is 0 Å². The van der Waals surface area contributed by atoms with Gasteiger partial charge < -0.3 is 20.1 Å². The Kier molecular flexibility index (Phi) is 8.78. The van der Waals surface area contributed by atoms with E-state index in [9.17, 15) is 0 Å². The highest BCUT2D eigenvalue weighted by atomic mass is 127. The predicted molar refractivity (Wildman–Crippen MR) is 127 cm³/mol. The minimum absolute atomic E-state index is 0. The van der Waals surface area contributed by atoms with Crippen LogP contribution in [0.25, 0.3) is 5.69 Å². The van der Waals surface area contributed by atoms with E-state index >= 15 is 0 Å². The van der Waals surface area contributed by atoms with Gasteiger partial charge in [-0.25, -0.2) is 4.68 Å². The van der Waals surface area contributed by atoms with Gasteiger partial charge in [0.25, 0.3) is 0 Å². The van der Waals surface area contributed by atoms with Gasteiger partial charge in [0.2, 0.25) is 0 Å². The second-order valence-corrected chi connectivity index (χ2v) is 5.98. The number of anilines is 1. The quantitative estimate of drug-likeness (QED) is 0.287. The van der Waals surface area contributed by atoms with Crippen LogP contribution in [0, 0.1) is 0 Å². The highest BCUT2D eigenvalue weighted by molar-refractivity contribution is 14.0. The van der Waals surface area contributed by atoms with Crippen molar-refractivity contribution in [2.24, 2.45) is 4.99 Å². The van der Waals surface area contributed by atoms with Crippen LogP contribution in [0.15, 0.2) is 65.9 Å². The van der Waals surface area contributed by atoms with Crippen molar-refractivity contribution in [2.75, 3.05) is 26.1 Å². The van der Waals surface area contributed by atoms with Gasteiger partial charge >= 0.3 is 0 Å². The van der Waals surface area contributed by atoms with Crippen LogP contribution in [-0.2, 0) is 6.54 Å². The number of benzene rings is 2. The molecule has 3 rings (SSSR count). The number of para-hydroxylation sites is 1. The highest BCUT2D eigenvalue weighted by Gasteiger charge is 2.07. The van der Waals surface area contributed by atoms with Gasteiger partial charge in [0.1, 0.15) is 0 Å². The SMILES string of the molecule is CCOc1cc(NC(=NC)NCc2cnn(-c3ccccc3)c2)ccc1OC.I. The van der Waals surface area contributed by atoms with Gasteiger partial charge in [-0.05, 0) is 31.2 Å². The third kappa shape index (κ3) is 6.11. The number of guanidine groups is 1. The molecule has 0 aliphatic rings. The molecule has 0 atom stereocenters. The normalized spacial score (nSPS) is 10.8. The Morgan fingerprint density at radius 2 is 1.93 bits per heavy atom. The fourth-order valence-corrected chi connectivity index (χ4v) is 2.70. The van der Waals surface area contributed by atoms with Crippen LogP contribution in [0.2, 0.25) is 0 Å². The van der Waals surface area contributed by atoms with Crippen LogP contribution in [0.1, 0.15) is 12.5 Å². The summed E-state index contributed by atoms with van der Waals surface area (Å²) < 4.78 is 12.8. The van der Waals surface area contributed by atoms with Crippen LogP contribution >= 0.6 is 24.0 Å². The molecule has 1 heterocycles. The molecule has 8 heteroatoms. The maximum atomic E-state index is 5.62. The Morgan fingerprint density at radius 1 is 1.14 bits per heavy atom. The Balaban J connectivity index is 0.00000300. The fourth-order valence-electron chi connectivity index (χ4n) is 2.70. The van der Waals surface area contributed by atoms with Gasteiger partial charge in [-0.1, -0.05) is 18.2 Å². The first-order chi connectivity index (χ1) is 13.7. The molecule has 0 saturated heterocycles. The largest absolute Gasteiger partial charge is 0.493 e. The Bertz CT molecular complexity index is 928. The van der Waals surface area contributed by atoms with E-state index in [4.69, 9.17) is 9.47 Å². The first-order valence-corrected chi connectivity index (χ1v) is 9.11. The molecule has 0 amide bonds. The predicted octanol–water partition coefficient (Wildman–Crippen LogP) is 4.09. The standard InChI is InChI=1S/C21H25N5O2.HI/c1-4-28-20-12-17(10-11-19(20)27-3)25-21(22-2)23-13-16-14-24-26(15-16)18-8-6-5-7-9-18;/h5-12,14-15H,4,13H2,1-3H3,(H2,22,23,25);1H. The first kappa shape index (κ1) is 22.5. The van der Waals surface area contributed by atoms with Gasteiger partial charge in [-0.2, -0.15) is 5.10 Å². The molecule has 0 bridgehead atoms. The van der Waals surface area contributed by atoms with Gasteiger partial charge in [0.15, 0.2) is 17.5 Å². The zero-order valence-corrected chi connectivity index (χ0v) is 19.1. The average Bonchev–Trinajstić information content (AvgIpc) is 3.21. The minimum atomic E-state index is 0. The number of halogens is 1. The van der Waals surface area contributed by atoms with Crippen LogP contribution in [0.4, 0.5) is 5.69 Å². The molecule has 7 nitrogen and oxygen atoms in total. The zero-order valence-electron chi connectivity index (χ0n) is 16.8. The number of nitrogens with zero attached hydrogens (tertiary/aromatic N) is 3. The van der Waals surface area contributed by atoms with Crippen LogP contribution in [0.5, 0.6) is 11.5 Å². The smallest absolute Gasteiger partial charge is 0.195 e. The number of nitrogens with one attached hydrogen (secondary N) is 2. The van der Waals surface area contributed by atoms with Gasteiger partial charge in [-0.15, -0.1) is 24.0 Å². The summed E-state index contributed by atoms with van der Waals surface area (Å²) in [5.41, 5.74) is 2.94. The van der Waals surface area contributed by atoms with Crippen LogP contribution < -0.4 is 20.1 Å². The van der Waals surface area contributed by atoms with Gasteiger partial charge in [-0.3, -0.25) is 4.99 Å². The number of aromatic nitrogens is 2. The summed E-state index contributed by atoms with van der Waals surface area (Å²) in [4.78, 5) is 4.28. The zero-order chi connectivity index (χ0) is 19.8. The molecule has 0 aliphatic carbocycles. The van der Waals surface area contributed by atoms with Crippen molar-refractivity contribution in [1.29, 1.82) is 0 Å². The van der Waals surface area contributed by atoms with Gasteiger partial charge in [0.05, 0.1) is 25.6 Å². The summed E-state index contributed by atoms with van der Waals surface area (Å²) in [6.45, 7) is 3.11. The summed E-state index contributed by atoms with van der Waals surface area (Å²) in [5.74, 6) is 2.04. The van der Waals surface area contributed by atoms with Crippen molar-refractivity contribution in [3.05, 3.63) is 66.5 Å². The maximum absolute atomic E-state index is 5.62. The Morgan fingerprint density at radius 3 is 2.62 bits per heavy atom. The lowest BCUT2D eigenvalue weighted by Gasteiger charge is -2.14. The lowest BCUT2D eigenvalue weighted by atomic mass is 10.2. The van der Waals surface area contributed by atoms with Crippen molar-refractivity contribution >= 4 is 35.6 Å². The van der Waals surface area contributed by atoms with E-state index in [2.05, 4.69) is 20.7 Å². The van der Waals surface area contributed by atoms with E-state index < -0.39 is 0 Å². The van der Waals surface area contributed by atoms with E-state index in [-0.39, 0.29) is 24.0 Å². The molecular formula is C21H26IN5O2. The minimum Gasteiger partial charge on any atom is -0.493 e. The topological polar surface area (TPSA) is 72.7 Å². The number of ether oxygens (including phenoxy) is 2. The van der Waals surface area contributed by atoms with E-state index in [1.807, 2.05) is 72.5 Å². The maximum Gasteiger partial charge on any atom is 0.195 e. The van der Waals surface area contributed by atoms with Crippen molar-refractivity contribution < 1.29 is 9.47 Å². The summed E-state index contributed by atoms with van der Waals surface area (Å²) in [7, 11) is 3.36. The molecule has 154 valence electrons. The Labute approximate surface area is 188 Å². The molecule has 0 unspecified atom stereocenters. The number of aliphatic imine (C=N–C) groups is 1. The molecule has 0 radical (unpaired) electrons. The monoisotopic (exact) mass is 507 g/mol. The number of hydrogen-bond donors (Lipinski definition) is 2. The summed E-state index contributed by atoms with van der Waals surface area (Å²) >= 11 is 0. The second kappa shape index (κ2) is 11.3. The van der Waals surface area contributed by atoms with Crippen LogP contribution in [0.3, 0.4) is 0 Å². The van der Waals surface area contributed by atoms with Crippen molar-refractivity contribution in [2.45, 2.75) is 13.5 Å².